The normalized spacial score (nSPS) is 11.5. The molecule has 34 heavy (non-hydrogen) atoms. The van der Waals surface area contributed by atoms with Crippen molar-refractivity contribution in [3.8, 4) is 11.5 Å². The van der Waals surface area contributed by atoms with E-state index in [2.05, 4.69) is 10.3 Å². The minimum absolute atomic E-state index is 0.134. The summed E-state index contributed by atoms with van der Waals surface area (Å²) >= 11 is 0. The van der Waals surface area contributed by atoms with Gasteiger partial charge in [0.25, 0.3) is 5.91 Å². The van der Waals surface area contributed by atoms with Crippen molar-refractivity contribution in [1.82, 2.24) is 15.2 Å². The van der Waals surface area contributed by atoms with Gasteiger partial charge in [-0.3, -0.25) is 9.69 Å². The molecule has 0 aliphatic rings. The van der Waals surface area contributed by atoms with Crippen molar-refractivity contribution in [2.45, 2.75) is 32.7 Å². The summed E-state index contributed by atoms with van der Waals surface area (Å²) in [6.07, 6.45) is -3.18. The quantitative estimate of drug-likeness (QED) is 0.458. The van der Waals surface area contributed by atoms with Crippen molar-refractivity contribution < 1.29 is 31.9 Å². The van der Waals surface area contributed by atoms with Crippen LogP contribution in [-0.2, 0) is 25.8 Å². The minimum Gasteiger partial charge on any atom is -0.497 e. The van der Waals surface area contributed by atoms with E-state index < -0.39 is 11.7 Å². The fraction of sp³-hybridized carbons (Fsp3) is 0.333. The Morgan fingerprint density at radius 1 is 1.09 bits per heavy atom. The molecule has 0 unspecified atom stereocenters. The number of carbonyl (C=O) groups is 1. The number of oxazole rings is 1. The van der Waals surface area contributed by atoms with Crippen molar-refractivity contribution in [3.05, 3.63) is 77.0 Å². The van der Waals surface area contributed by atoms with Gasteiger partial charge in [0.1, 0.15) is 17.8 Å². The van der Waals surface area contributed by atoms with Gasteiger partial charge in [-0.05, 0) is 36.8 Å². The van der Waals surface area contributed by atoms with Crippen LogP contribution >= 0.6 is 0 Å². The first-order chi connectivity index (χ1) is 16.2. The number of benzene rings is 2. The molecule has 10 heteroatoms. The fourth-order valence-corrected chi connectivity index (χ4v) is 3.45. The number of carbonyl (C=O) groups excluding carboxylic acids is 1. The summed E-state index contributed by atoms with van der Waals surface area (Å²) in [7, 11) is 3.08. The molecular formula is C24H26F3N3O4. The summed E-state index contributed by atoms with van der Waals surface area (Å²) in [6, 6.07) is 10.5. The first-order valence-electron chi connectivity index (χ1n) is 10.6. The number of amides is 1. The van der Waals surface area contributed by atoms with Crippen LogP contribution in [0, 0.1) is 0 Å². The molecule has 182 valence electrons. The summed E-state index contributed by atoms with van der Waals surface area (Å²) in [5.41, 5.74) is 0.643. The molecule has 1 amide bonds. The van der Waals surface area contributed by atoms with E-state index in [0.29, 0.717) is 30.2 Å². The lowest BCUT2D eigenvalue weighted by molar-refractivity contribution is -0.137. The Morgan fingerprint density at radius 3 is 2.56 bits per heavy atom. The lowest BCUT2D eigenvalue weighted by Gasteiger charge is -2.23. The number of nitrogens with zero attached hydrogens (tertiary/aromatic N) is 2. The Balaban J connectivity index is 1.90. The van der Waals surface area contributed by atoms with Crippen LogP contribution < -0.4 is 14.8 Å². The van der Waals surface area contributed by atoms with Gasteiger partial charge in [-0.15, -0.1) is 0 Å². The van der Waals surface area contributed by atoms with Crippen LogP contribution in [0.3, 0.4) is 0 Å². The molecule has 0 spiro atoms. The van der Waals surface area contributed by atoms with E-state index in [0.717, 1.165) is 17.7 Å². The maximum Gasteiger partial charge on any atom is 0.416 e. The number of nitrogens with one attached hydrogen (secondary N) is 1. The number of hydrogen-bond donors (Lipinski definition) is 1. The molecule has 0 saturated carbocycles. The zero-order valence-electron chi connectivity index (χ0n) is 19.1. The molecule has 0 aliphatic carbocycles. The third-order valence-electron chi connectivity index (χ3n) is 5.02. The summed E-state index contributed by atoms with van der Waals surface area (Å²) in [6.45, 7) is 2.85. The lowest BCUT2D eigenvalue weighted by Crippen LogP contribution is -2.24. The van der Waals surface area contributed by atoms with Crippen LogP contribution in [0.25, 0.3) is 0 Å². The molecule has 0 bridgehead atoms. The van der Waals surface area contributed by atoms with E-state index in [4.69, 9.17) is 13.9 Å². The zero-order chi connectivity index (χ0) is 24.7. The highest BCUT2D eigenvalue weighted by Crippen LogP contribution is 2.31. The fourth-order valence-electron chi connectivity index (χ4n) is 3.45. The van der Waals surface area contributed by atoms with Crippen LogP contribution in [0.15, 0.2) is 53.1 Å². The van der Waals surface area contributed by atoms with Crippen LogP contribution in [0.4, 0.5) is 13.2 Å². The smallest absolute Gasteiger partial charge is 0.416 e. The van der Waals surface area contributed by atoms with Gasteiger partial charge in [-0.25, -0.2) is 4.98 Å². The number of alkyl halides is 3. The monoisotopic (exact) mass is 477 g/mol. The highest BCUT2D eigenvalue weighted by atomic mass is 19.4. The van der Waals surface area contributed by atoms with Gasteiger partial charge >= 0.3 is 6.18 Å². The van der Waals surface area contributed by atoms with E-state index in [-0.39, 0.29) is 30.6 Å². The van der Waals surface area contributed by atoms with Crippen molar-refractivity contribution in [2.75, 3.05) is 20.8 Å². The van der Waals surface area contributed by atoms with Gasteiger partial charge in [0.05, 0.1) is 26.3 Å². The van der Waals surface area contributed by atoms with Crippen LogP contribution in [0.2, 0.25) is 0 Å². The molecule has 3 aromatic rings. The Labute approximate surface area is 195 Å². The second-order valence-electron chi connectivity index (χ2n) is 7.51. The van der Waals surface area contributed by atoms with Crippen molar-refractivity contribution in [2.24, 2.45) is 0 Å². The SMILES string of the molecule is CCNC(=O)c1coc(CN(Cc2cccc(C(F)(F)F)c2)Cc2cc(OC)ccc2OC)n1. The largest absolute Gasteiger partial charge is 0.497 e. The van der Waals surface area contributed by atoms with Gasteiger partial charge < -0.3 is 19.2 Å². The first-order valence-corrected chi connectivity index (χ1v) is 10.6. The molecule has 2 aromatic carbocycles. The summed E-state index contributed by atoms with van der Waals surface area (Å²) in [4.78, 5) is 18.1. The molecular weight excluding hydrogens is 451 g/mol. The van der Waals surface area contributed by atoms with Gasteiger partial charge in [-0.2, -0.15) is 13.2 Å². The average molecular weight is 477 g/mol. The van der Waals surface area contributed by atoms with Gasteiger partial charge in [0.2, 0.25) is 5.89 Å². The number of aromatic nitrogens is 1. The number of rotatable bonds is 10. The van der Waals surface area contributed by atoms with Crippen LogP contribution in [0.5, 0.6) is 11.5 Å². The van der Waals surface area contributed by atoms with E-state index in [1.807, 2.05) is 4.90 Å². The zero-order valence-corrected chi connectivity index (χ0v) is 19.1. The molecule has 0 saturated heterocycles. The summed E-state index contributed by atoms with van der Waals surface area (Å²) in [5.74, 6) is 1.11. The third kappa shape index (κ3) is 6.50. The second kappa shape index (κ2) is 11.1. The maximum absolute atomic E-state index is 13.2. The van der Waals surface area contributed by atoms with E-state index >= 15 is 0 Å². The molecule has 0 fully saturated rings. The third-order valence-corrected chi connectivity index (χ3v) is 5.02. The molecule has 0 atom stereocenters. The van der Waals surface area contributed by atoms with Crippen molar-refractivity contribution in [1.29, 1.82) is 0 Å². The molecule has 3 rings (SSSR count). The molecule has 7 nitrogen and oxygen atoms in total. The predicted octanol–water partition coefficient (Wildman–Crippen LogP) is 4.66. The van der Waals surface area contributed by atoms with E-state index in [9.17, 15) is 18.0 Å². The molecule has 1 N–H and O–H groups in total. The summed E-state index contributed by atoms with van der Waals surface area (Å²) < 4.78 is 55.9. The Morgan fingerprint density at radius 2 is 1.88 bits per heavy atom. The standard InChI is InChI=1S/C24H26F3N3O4/c1-4-28-23(31)20-15-34-22(29-20)14-30(12-16-6-5-7-18(10-16)24(25,26)27)13-17-11-19(32-2)8-9-21(17)33-3/h5-11,15H,4,12-14H2,1-3H3,(H,28,31). The first kappa shape index (κ1) is 25.1. The predicted molar refractivity (Wildman–Crippen MR) is 118 cm³/mol. The second-order valence-corrected chi connectivity index (χ2v) is 7.51. The summed E-state index contributed by atoms with van der Waals surface area (Å²) in [5, 5.41) is 2.64. The average Bonchev–Trinajstić information content (AvgIpc) is 3.27. The molecule has 1 heterocycles. The highest BCUT2D eigenvalue weighted by Gasteiger charge is 2.30. The van der Waals surface area contributed by atoms with Gasteiger partial charge in [-0.1, -0.05) is 18.2 Å². The van der Waals surface area contributed by atoms with E-state index in [1.54, 1.807) is 38.3 Å². The van der Waals surface area contributed by atoms with Crippen molar-refractivity contribution >= 4 is 5.91 Å². The topological polar surface area (TPSA) is 76.8 Å². The Kier molecular flexibility index (Phi) is 8.17. The van der Waals surface area contributed by atoms with Crippen molar-refractivity contribution in [3.63, 3.8) is 0 Å². The number of hydrogen-bond acceptors (Lipinski definition) is 6. The Bertz CT molecular complexity index is 1110. The van der Waals surface area contributed by atoms with Crippen LogP contribution in [-0.4, -0.2) is 36.6 Å². The number of halogens is 3. The highest BCUT2D eigenvalue weighted by molar-refractivity contribution is 5.91. The lowest BCUT2D eigenvalue weighted by atomic mass is 10.1. The Hall–Kier alpha value is -3.53. The van der Waals surface area contributed by atoms with E-state index in [1.165, 1.54) is 19.4 Å². The maximum atomic E-state index is 13.2. The number of ether oxygens (including phenoxy) is 2. The van der Waals surface area contributed by atoms with Gasteiger partial charge in [0, 0.05) is 25.2 Å². The van der Waals surface area contributed by atoms with Crippen LogP contribution in [0.1, 0.15) is 40.0 Å². The molecule has 1 aromatic heterocycles. The van der Waals surface area contributed by atoms with Gasteiger partial charge in [0.15, 0.2) is 5.69 Å². The molecule has 0 radical (unpaired) electrons. The minimum atomic E-state index is -4.44. The molecule has 0 aliphatic heterocycles. The number of methoxy groups -OCH3 is 2.